The highest BCUT2D eigenvalue weighted by atomic mass is 32.1. The molecule has 2 aromatic heterocycles. The maximum Gasteiger partial charge on any atom is 0.102 e. The summed E-state index contributed by atoms with van der Waals surface area (Å²) in [6, 6.07) is 2.24. The van der Waals surface area contributed by atoms with Gasteiger partial charge in [0.25, 0.3) is 0 Å². The van der Waals surface area contributed by atoms with Gasteiger partial charge in [-0.15, -0.1) is 16.4 Å². The lowest BCUT2D eigenvalue weighted by molar-refractivity contribution is 0.700. The van der Waals surface area contributed by atoms with Crippen LogP contribution in [0.25, 0.3) is 0 Å². The van der Waals surface area contributed by atoms with Crippen molar-refractivity contribution in [2.24, 2.45) is 7.05 Å². The summed E-state index contributed by atoms with van der Waals surface area (Å²) < 4.78 is 1.77. The molecule has 0 aliphatic carbocycles. The van der Waals surface area contributed by atoms with Crippen molar-refractivity contribution in [1.82, 2.24) is 15.0 Å². The van der Waals surface area contributed by atoms with E-state index in [0.717, 1.165) is 18.8 Å². The van der Waals surface area contributed by atoms with Gasteiger partial charge in [-0.25, -0.2) is 0 Å². The summed E-state index contributed by atoms with van der Waals surface area (Å²) in [5.41, 5.74) is 2.45. The molecule has 2 aromatic rings. The van der Waals surface area contributed by atoms with Gasteiger partial charge in [-0.3, -0.25) is 4.68 Å². The molecule has 3 rings (SSSR count). The molecule has 4 nitrogen and oxygen atoms in total. The fourth-order valence-corrected chi connectivity index (χ4v) is 3.28. The number of hydrogen-bond donors (Lipinski definition) is 0. The van der Waals surface area contributed by atoms with Crippen LogP contribution in [0.15, 0.2) is 17.6 Å². The summed E-state index contributed by atoms with van der Waals surface area (Å²) in [7, 11) is 1.91. The molecule has 1 aliphatic rings. The van der Waals surface area contributed by atoms with Crippen molar-refractivity contribution in [3.05, 3.63) is 28.2 Å². The molecule has 90 valence electrons. The van der Waals surface area contributed by atoms with E-state index in [4.69, 9.17) is 0 Å². The highest BCUT2D eigenvalue weighted by molar-refractivity contribution is 7.10. The van der Waals surface area contributed by atoms with Crippen LogP contribution in [0, 0.1) is 0 Å². The SMILES string of the molecule is Cn1cc(CN2CCCCc3sccc32)nn1. The van der Waals surface area contributed by atoms with Gasteiger partial charge in [0, 0.05) is 24.7 Å². The van der Waals surface area contributed by atoms with Crippen LogP contribution in [-0.2, 0) is 20.0 Å². The third-order valence-corrected chi connectivity index (χ3v) is 4.12. The van der Waals surface area contributed by atoms with Crippen molar-refractivity contribution >= 4 is 17.0 Å². The second kappa shape index (κ2) is 4.49. The minimum Gasteiger partial charge on any atom is -0.365 e. The lowest BCUT2D eigenvalue weighted by Crippen LogP contribution is -2.23. The molecular formula is C12H16N4S. The lowest BCUT2D eigenvalue weighted by atomic mass is 10.2. The molecule has 3 heterocycles. The maximum atomic E-state index is 4.17. The van der Waals surface area contributed by atoms with Crippen LogP contribution >= 0.6 is 11.3 Å². The van der Waals surface area contributed by atoms with E-state index in [-0.39, 0.29) is 0 Å². The Balaban J connectivity index is 1.83. The largest absolute Gasteiger partial charge is 0.365 e. The molecule has 0 unspecified atom stereocenters. The van der Waals surface area contributed by atoms with Gasteiger partial charge in [-0.1, -0.05) is 5.21 Å². The molecule has 0 radical (unpaired) electrons. The average Bonchev–Trinajstić information content (AvgIpc) is 2.88. The van der Waals surface area contributed by atoms with Crippen molar-refractivity contribution < 1.29 is 0 Å². The number of anilines is 1. The predicted octanol–water partition coefficient (Wildman–Crippen LogP) is 2.22. The molecule has 0 spiro atoms. The first-order chi connectivity index (χ1) is 8.33. The van der Waals surface area contributed by atoms with E-state index in [1.54, 1.807) is 4.68 Å². The molecule has 0 fully saturated rings. The minimum atomic E-state index is 0.873. The van der Waals surface area contributed by atoms with Crippen LogP contribution in [0.2, 0.25) is 0 Å². The van der Waals surface area contributed by atoms with Gasteiger partial charge in [0.05, 0.1) is 12.2 Å². The third-order valence-electron chi connectivity index (χ3n) is 3.15. The fraction of sp³-hybridized carbons (Fsp3) is 0.500. The summed E-state index contributed by atoms with van der Waals surface area (Å²) in [5.74, 6) is 0. The number of fused-ring (bicyclic) bond motifs is 1. The average molecular weight is 248 g/mol. The quantitative estimate of drug-likeness (QED) is 0.817. The molecule has 0 bridgehead atoms. The second-order valence-electron chi connectivity index (χ2n) is 4.49. The zero-order chi connectivity index (χ0) is 11.7. The molecule has 0 atom stereocenters. The van der Waals surface area contributed by atoms with Crippen LogP contribution in [0.3, 0.4) is 0 Å². The van der Waals surface area contributed by atoms with Gasteiger partial charge in [0.2, 0.25) is 0 Å². The number of aromatic nitrogens is 3. The maximum absolute atomic E-state index is 4.17. The summed E-state index contributed by atoms with van der Waals surface area (Å²) in [4.78, 5) is 3.95. The molecule has 0 aromatic carbocycles. The fourth-order valence-electron chi connectivity index (χ4n) is 2.34. The van der Waals surface area contributed by atoms with Gasteiger partial charge < -0.3 is 4.90 Å². The Kier molecular flexibility index (Phi) is 2.84. The monoisotopic (exact) mass is 248 g/mol. The van der Waals surface area contributed by atoms with E-state index in [2.05, 4.69) is 26.7 Å². The molecule has 1 aliphatic heterocycles. The van der Waals surface area contributed by atoms with Crippen LogP contribution < -0.4 is 4.90 Å². The highest BCUT2D eigenvalue weighted by Gasteiger charge is 2.17. The summed E-state index contributed by atoms with van der Waals surface area (Å²) in [6.07, 6.45) is 5.78. The van der Waals surface area contributed by atoms with Crippen molar-refractivity contribution in [1.29, 1.82) is 0 Å². The minimum absolute atomic E-state index is 0.873. The lowest BCUT2D eigenvalue weighted by Gasteiger charge is -2.21. The first kappa shape index (κ1) is 10.8. The molecular weight excluding hydrogens is 232 g/mol. The predicted molar refractivity (Wildman–Crippen MR) is 69.3 cm³/mol. The molecule has 0 amide bonds. The van der Waals surface area contributed by atoms with Crippen LogP contribution in [0.5, 0.6) is 0 Å². The van der Waals surface area contributed by atoms with E-state index in [1.165, 1.54) is 29.8 Å². The zero-order valence-electron chi connectivity index (χ0n) is 9.96. The van der Waals surface area contributed by atoms with Crippen molar-refractivity contribution in [3.8, 4) is 0 Å². The number of hydrogen-bond acceptors (Lipinski definition) is 4. The Morgan fingerprint density at radius 3 is 3.18 bits per heavy atom. The Labute approximate surface area is 105 Å². The molecule has 0 saturated heterocycles. The molecule has 0 saturated carbocycles. The topological polar surface area (TPSA) is 34.0 Å². The standard InChI is InChI=1S/C12H16N4S/c1-15-8-10(13-14-15)9-16-6-3-2-4-12-11(16)5-7-17-12/h5,7-8H,2-4,6,9H2,1H3. The Bertz CT molecular complexity index is 502. The third kappa shape index (κ3) is 2.20. The van der Waals surface area contributed by atoms with Gasteiger partial charge in [0.15, 0.2) is 0 Å². The number of thiophene rings is 1. The summed E-state index contributed by atoms with van der Waals surface area (Å²) >= 11 is 1.88. The first-order valence-electron chi connectivity index (χ1n) is 5.99. The number of aryl methyl sites for hydroxylation is 2. The van der Waals surface area contributed by atoms with E-state index in [0.29, 0.717) is 0 Å². The van der Waals surface area contributed by atoms with Crippen molar-refractivity contribution in [2.45, 2.75) is 25.8 Å². The van der Waals surface area contributed by atoms with Gasteiger partial charge in [-0.2, -0.15) is 0 Å². The number of nitrogens with zero attached hydrogens (tertiary/aromatic N) is 4. The normalized spacial score (nSPS) is 15.7. The van der Waals surface area contributed by atoms with E-state index >= 15 is 0 Å². The van der Waals surface area contributed by atoms with Crippen molar-refractivity contribution in [2.75, 3.05) is 11.4 Å². The Morgan fingerprint density at radius 1 is 1.41 bits per heavy atom. The highest BCUT2D eigenvalue weighted by Crippen LogP contribution is 2.31. The van der Waals surface area contributed by atoms with Gasteiger partial charge in [-0.05, 0) is 30.7 Å². The number of rotatable bonds is 2. The first-order valence-corrected chi connectivity index (χ1v) is 6.87. The molecule has 5 heteroatoms. The van der Waals surface area contributed by atoms with Crippen LogP contribution in [0.4, 0.5) is 5.69 Å². The summed E-state index contributed by atoms with van der Waals surface area (Å²) in [6.45, 7) is 2.00. The van der Waals surface area contributed by atoms with E-state index < -0.39 is 0 Å². The van der Waals surface area contributed by atoms with Gasteiger partial charge >= 0.3 is 0 Å². The smallest absolute Gasteiger partial charge is 0.102 e. The van der Waals surface area contributed by atoms with Crippen molar-refractivity contribution in [3.63, 3.8) is 0 Å². The summed E-state index contributed by atoms with van der Waals surface area (Å²) in [5, 5.41) is 10.4. The zero-order valence-corrected chi connectivity index (χ0v) is 10.8. The molecule has 0 N–H and O–H groups in total. The molecule has 17 heavy (non-hydrogen) atoms. The van der Waals surface area contributed by atoms with Gasteiger partial charge in [0.1, 0.15) is 5.69 Å². The Hall–Kier alpha value is -1.36. The van der Waals surface area contributed by atoms with E-state index in [9.17, 15) is 0 Å². The Morgan fingerprint density at radius 2 is 2.35 bits per heavy atom. The van der Waals surface area contributed by atoms with Crippen LogP contribution in [-0.4, -0.2) is 21.5 Å². The second-order valence-corrected chi connectivity index (χ2v) is 5.49. The van der Waals surface area contributed by atoms with E-state index in [1.807, 2.05) is 24.6 Å². The van der Waals surface area contributed by atoms with Crippen LogP contribution in [0.1, 0.15) is 23.4 Å².